The van der Waals surface area contributed by atoms with Crippen molar-refractivity contribution in [3.63, 3.8) is 0 Å². The lowest BCUT2D eigenvalue weighted by atomic mass is 10.1. The summed E-state index contributed by atoms with van der Waals surface area (Å²) < 4.78 is 0. The van der Waals surface area contributed by atoms with Gasteiger partial charge < -0.3 is 10.6 Å². The number of rotatable bonds is 7. The predicted molar refractivity (Wildman–Crippen MR) is 109 cm³/mol. The van der Waals surface area contributed by atoms with Crippen LogP contribution in [-0.2, 0) is 9.59 Å². The second-order valence-corrected chi connectivity index (χ2v) is 8.30. The topological polar surface area (TPSA) is 84.0 Å². The highest BCUT2D eigenvalue weighted by Crippen LogP contribution is 2.30. The Morgan fingerprint density at radius 1 is 1.08 bits per heavy atom. The van der Waals surface area contributed by atoms with Crippen LogP contribution in [0, 0.1) is 6.92 Å². The Balaban J connectivity index is 1.47. The van der Waals surface area contributed by atoms with E-state index in [9.17, 15) is 9.59 Å². The van der Waals surface area contributed by atoms with Crippen molar-refractivity contribution >= 4 is 56.5 Å². The highest BCUT2D eigenvalue weighted by Gasteiger charge is 2.12. The first kappa shape index (κ1) is 18.6. The maximum Gasteiger partial charge on any atom is 0.236 e. The minimum absolute atomic E-state index is 0.172. The normalized spacial score (nSPS) is 10.5. The first-order valence-corrected chi connectivity index (χ1v) is 10.6. The third kappa shape index (κ3) is 5.13. The molecule has 3 aromatic rings. The second kappa shape index (κ2) is 8.93. The van der Waals surface area contributed by atoms with Crippen LogP contribution in [0.2, 0.25) is 0 Å². The number of nitrogens with zero attached hydrogens (tertiary/aromatic N) is 2. The monoisotopic (exact) mass is 404 g/mol. The molecule has 0 saturated heterocycles. The fourth-order valence-corrected chi connectivity index (χ4v) is 4.16. The van der Waals surface area contributed by atoms with Crippen LogP contribution in [-0.4, -0.2) is 33.3 Å². The van der Waals surface area contributed by atoms with Gasteiger partial charge in [-0.25, -0.2) is 9.97 Å². The molecule has 0 aliphatic heterocycles. The number of nitrogens with one attached hydrogen (secondary N) is 2. The number of amides is 2. The fraction of sp³-hybridized carbons (Fsp3) is 0.176. The van der Waals surface area contributed by atoms with E-state index in [1.54, 1.807) is 11.6 Å². The molecule has 0 unspecified atom stereocenters. The molecule has 0 aliphatic carbocycles. The first-order valence-electron chi connectivity index (χ1n) is 7.71. The number of hydrogen-bond acceptors (Lipinski definition) is 7. The number of aryl methyl sites for hydroxylation is 1. The zero-order chi connectivity index (χ0) is 18.4. The van der Waals surface area contributed by atoms with E-state index in [0.717, 1.165) is 16.1 Å². The molecule has 9 heteroatoms. The highest BCUT2D eigenvalue weighted by molar-refractivity contribution is 8.00. The van der Waals surface area contributed by atoms with Gasteiger partial charge in [-0.05, 0) is 6.92 Å². The third-order valence-corrected chi connectivity index (χ3v) is 5.74. The Morgan fingerprint density at radius 2 is 1.77 bits per heavy atom. The van der Waals surface area contributed by atoms with E-state index in [1.807, 2.05) is 37.3 Å². The number of thioether (sulfide) groups is 1. The van der Waals surface area contributed by atoms with Crippen LogP contribution in [0.15, 0.2) is 41.9 Å². The van der Waals surface area contributed by atoms with Gasteiger partial charge in [0.05, 0.1) is 17.2 Å². The van der Waals surface area contributed by atoms with Gasteiger partial charge in [0, 0.05) is 22.0 Å². The quantitative estimate of drug-likeness (QED) is 0.624. The molecular formula is C17H16N4O2S3. The molecule has 26 heavy (non-hydrogen) atoms. The van der Waals surface area contributed by atoms with Crippen molar-refractivity contribution in [1.82, 2.24) is 9.97 Å². The smallest absolute Gasteiger partial charge is 0.236 e. The van der Waals surface area contributed by atoms with Gasteiger partial charge in [-0.15, -0.1) is 34.4 Å². The maximum atomic E-state index is 12.1. The summed E-state index contributed by atoms with van der Waals surface area (Å²) in [5.74, 6) is 0.0311. The van der Waals surface area contributed by atoms with Crippen molar-refractivity contribution in [3.8, 4) is 11.3 Å². The fourth-order valence-electron chi connectivity index (χ4n) is 2.15. The summed E-state index contributed by atoms with van der Waals surface area (Å²) in [6.07, 6.45) is 1.63. The molecule has 3 rings (SSSR count). The van der Waals surface area contributed by atoms with Crippen LogP contribution >= 0.6 is 34.4 Å². The van der Waals surface area contributed by atoms with E-state index in [2.05, 4.69) is 20.6 Å². The number of benzene rings is 1. The number of carbonyl (C=O) groups excluding carboxylic acids is 2. The molecule has 0 saturated carbocycles. The molecule has 0 spiro atoms. The second-order valence-electron chi connectivity index (χ2n) is 5.22. The largest absolute Gasteiger partial charge is 0.301 e. The van der Waals surface area contributed by atoms with Crippen LogP contribution in [0.25, 0.3) is 11.3 Å². The van der Waals surface area contributed by atoms with E-state index < -0.39 is 0 Å². The molecule has 0 radical (unpaired) electrons. The van der Waals surface area contributed by atoms with Crippen LogP contribution in [0.5, 0.6) is 0 Å². The summed E-state index contributed by atoms with van der Waals surface area (Å²) in [4.78, 5) is 33.3. The molecule has 0 bridgehead atoms. The average molecular weight is 405 g/mol. The maximum absolute atomic E-state index is 12.1. The molecule has 2 N–H and O–H groups in total. The van der Waals surface area contributed by atoms with Gasteiger partial charge in [0.1, 0.15) is 0 Å². The molecule has 0 fully saturated rings. The minimum Gasteiger partial charge on any atom is -0.301 e. The van der Waals surface area contributed by atoms with Crippen molar-refractivity contribution in [3.05, 3.63) is 46.8 Å². The van der Waals surface area contributed by atoms with E-state index in [-0.39, 0.29) is 23.3 Å². The molecule has 0 aliphatic rings. The molecular weight excluding hydrogens is 388 g/mol. The highest BCUT2D eigenvalue weighted by atomic mass is 32.2. The van der Waals surface area contributed by atoms with E-state index in [0.29, 0.717) is 10.3 Å². The Bertz CT molecular complexity index is 879. The van der Waals surface area contributed by atoms with Crippen LogP contribution < -0.4 is 10.6 Å². The van der Waals surface area contributed by atoms with Crippen molar-refractivity contribution in [2.24, 2.45) is 0 Å². The van der Waals surface area contributed by atoms with Gasteiger partial charge in [-0.2, -0.15) is 0 Å². The number of thiazole rings is 2. The van der Waals surface area contributed by atoms with E-state index >= 15 is 0 Å². The first-order chi connectivity index (χ1) is 12.6. The predicted octanol–water partition coefficient (Wildman–Crippen LogP) is 3.89. The Labute approximate surface area is 163 Å². The molecule has 0 atom stereocenters. The van der Waals surface area contributed by atoms with Crippen molar-refractivity contribution in [1.29, 1.82) is 0 Å². The Hall–Kier alpha value is -2.23. The van der Waals surface area contributed by atoms with E-state index in [1.165, 1.54) is 34.4 Å². The van der Waals surface area contributed by atoms with Gasteiger partial charge in [0.15, 0.2) is 10.3 Å². The molecule has 1 aromatic carbocycles. The van der Waals surface area contributed by atoms with E-state index in [4.69, 9.17) is 0 Å². The number of hydrogen-bond donors (Lipinski definition) is 2. The molecule has 134 valence electrons. The third-order valence-electron chi connectivity index (χ3n) is 3.24. The standard InChI is InChI=1S/C17H16N4O2S3/c1-11-15(12-5-3-2-4-6-12)21-17(26-11)20-14(23)10-24-9-13(22)19-16-18-7-8-25-16/h2-8H,9-10H2,1H3,(H,18,19,22)(H,20,21,23). The average Bonchev–Trinajstić information content (AvgIpc) is 3.25. The SMILES string of the molecule is Cc1sc(NC(=O)CSCC(=O)Nc2nccs2)nc1-c1ccccc1. The molecule has 2 amide bonds. The van der Waals surface area contributed by atoms with Crippen molar-refractivity contribution in [2.75, 3.05) is 22.1 Å². The van der Waals surface area contributed by atoms with Gasteiger partial charge in [-0.3, -0.25) is 9.59 Å². The van der Waals surface area contributed by atoms with Crippen LogP contribution in [0.1, 0.15) is 4.88 Å². The zero-order valence-electron chi connectivity index (χ0n) is 13.9. The molecule has 2 aromatic heterocycles. The van der Waals surface area contributed by atoms with Gasteiger partial charge in [0.2, 0.25) is 11.8 Å². The van der Waals surface area contributed by atoms with Crippen LogP contribution in [0.3, 0.4) is 0 Å². The number of aromatic nitrogens is 2. The zero-order valence-corrected chi connectivity index (χ0v) is 16.3. The summed E-state index contributed by atoms with van der Waals surface area (Å²) in [7, 11) is 0. The summed E-state index contributed by atoms with van der Waals surface area (Å²) in [5.41, 5.74) is 1.90. The Kier molecular flexibility index (Phi) is 6.37. The van der Waals surface area contributed by atoms with Crippen LogP contribution in [0.4, 0.5) is 10.3 Å². The minimum atomic E-state index is -0.176. The van der Waals surface area contributed by atoms with Gasteiger partial charge in [-0.1, -0.05) is 30.3 Å². The summed E-state index contributed by atoms with van der Waals surface area (Å²) in [6.45, 7) is 1.98. The number of carbonyl (C=O) groups is 2. The summed E-state index contributed by atoms with van der Waals surface area (Å²) >= 11 is 4.05. The summed E-state index contributed by atoms with van der Waals surface area (Å²) in [5, 5.41) is 8.40. The molecule has 2 heterocycles. The van der Waals surface area contributed by atoms with Crippen molar-refractivity contribution in [2.45, 2.75) is 6.92 Å². The lowest BCUT2D eigenvalue weighted by Gasteiger charge is -2.02. The lowest BCUT2D eigenvalue weighted by molar-refractivity contribution is -0.114. The van der Waals surface area contributed by atoms with Gasteiger partial charge >= 0.3 is 0 Å². The molecule has 6 nitrogen and oxygen atoms in total. The van der Waals surface area contributed by atoms with Crippen molar-refractivity contribution < 1.29 is 9.59 Å². The number of anilines is 2. The lowest BCUT2D eigenvalue weighted by Crippen LogP contribution is -2.18. The summed E-state index contributed by atoms with van der Waals surface area (Å²) in [6, 6.07) is 9.85. The van der Waals surface area contributed by atoms with Gasteiger partial charge in [0.25, 0.3) is 0 Å². The Morgan fingerprint density at radius 3 is 2.42 bits per heavy atom.